The van der Waals surface area contributed by atoms with Crippen molar-refractivity contribution < 1.29 is 14.7 Å². The van der Waals surface area contributed by atoms with E-state index in [0.717, 1.165) is 32.4 Å². The van der Waals surface area contributed by atoms with Crippen molar-refractivity contribution >= 4 is 11.9 Å². The van der Waals surface area contributed by atoms with Crippen molar-refractivity contribution in [2.75, 3.05) is 19.6 Å². The predicted molar refractivity (Wildman–Crippen MR) is 62.6 cm³/mol. The van der Waals surface area contributed by atoms with Crippen molar-refractivity contribution in [3.8, 4) is 0 Å². The van der Waals surface area contributed by atoms with Crippen molar-refractivity contribution in [1.29, 1.82) is 0 Å². The number of carbonyl (C=O) groups excluding carboxylic acids is 1. The van der Waals surface area contributed by atoms with Gasteiger partial charge in [-0.1, -0.05) is 0 Å². The molecular weight excluding hydrogens is 220 g/mol. The van der Waals surface area contributed by atoms with E-state index in [9.17, 15) is 9.59 Å². The summed E-state index contributed by atoms with van der Waals surface area (Å²) < 4.78 is 0. The molecule has 1 amide bonds. The number of nitrogens with zero attached hydrogens (tertiary/aromatic N) is 1. The van der Waals surface area contributed by atoms with Crippen LogP contribution in [0, 0.1) is 5.92 Å². The molecule has 0 aromatic heterocycles. The number of aliphatic carboxylic acids is 1. The highest BCUT2D eigenvalue weighted by Gasteiger charge is 2.34. The maximum atomic E-state index is 12.1. The van der Waals surface area contributed by atoms with E-state index in [2.05, 4.69) is 5.32 Å². The maximum absolute atomic E-state index is 12.1. The Kier molecular flexibility index (Phi) is 3.99. The van der Waals surface area contributed by atoms with Gasteiger partial charge >= 0.3 is 5.97 Å². The Bertz CT molecular complexity index is 300. The lowest BCUT2D eigenvalue weighted by Crippen LogP contribution is -2.42. The van der Waals surface area contributed by atoms with Crippen molar-refractivity contribution in [3.05, 3.63) is 0 Å². The Morgan fingerprint density at radius 3 is 2.76 bits per heavy atom. The number of likely N-dealkylation sites (tertiary alicyclic amines) is 1. The van der Waals surface area contributed by atoms with Crippen LogP contribution in [0.3, 0.4) is 0 Å². The molecule has 0 bridgehead atoms. The number of rotatable bonds is 3. The summed E-state index contributed by atoms with van der Waals surface area (Å²) in [6.07, 6.45) is 4.09. The SMILES string of the molecule is O=C(O)[C@@H]1CCCN1C(=O)CC1CCCNC1. The van der Waals surface area contributed by atoms with Gasteiger partial charge in [-0.15, -0.1) is 0 Å². The summed E-state index contributed by atoms with van der Waals surface area (Å²) in [7, 11) is 0. The highest BCUT2D eigenvalue weighted by atomic mass is 16.4. The molecule has 0 spiro atoms. The fraction of sp³-hybridized carbons (Fsp3) is 0.833. The normalized spacial score (nSPS) is 29.3. The second kappa shape index (κ2) is 5.49. The van der Waals surface area contributed by atoms with E-state index in [1.165, 1.54) is 0 Å². The molecule has 2 saturated heterocycles. The van der Waals surface area contributed by atoms with Crippen LogP contribution in [0.2, 0.25) is 0 Å². The van der Waals surface area contributed by atoms with Crippen LogP contribution < -0.4 is 5.32 Å². The standard InChI is InChI=1S/C12H20N2O3/c15-11(7-9-3-1-5-13-8-9)14-6-2-4-10(14)12(16)17/h9-10,13H,1-8H2,(H,16,17)/t9?,10-/m0/s1. The molecule has 5 nitrogen and oxygen atoms in total. The van der Waals surface area contributed by atoms with Crippen LogP contribution in [0.1, 0.15) is 32.1 Å². The summed E-state index contributed by atoms with van der Waals surface area (Å²) in [5.41, 5.74) is 0. The van der Waals surface area contributed by atoms with Gasteiger partial charge in [0.05, 0.1) is 0 Å². The average molecular weight is 240 g/mol. The molecule has 2 N–H and O–H groups in total. The van der Waals surface area contributed by atoms with Gasteiger partial charge in [0, 0.05) is 13.0 Å². The van der Waals surface area contributed by atoms with E-state index in [4.69, 9.17) is 5.11 Å². The van der Waals surface area contributed by atoms with Crippen LogP contribution in [-0.4, -0.2) is 47.6 Å². The van der Waals surface area contributed by atoms with Crippen LogP contribution >= 0.6 is 0 Å². The minimum atomic E-state index is -0.863. The van der Waals surface area contributed by atoms with Gasteiger partial charge in [0.1, 0.15) is 6.04 Å². The van der Waals surface area contributed by atoms with E-state index < -0.39 is 12.0 Å². The number of carboxylic acid groups (broad SMARTS) is 1. The summed E-state index contributed by atoms with van der Waals surface area (Å²) in [6.45, 7) is 2.53. The zero-order chi connectivity index (χ0) is 12.3. The summed E-state index contributed by atoms with van der Waals surface area (Å²) in [6, 6.07) is -0.584. The molecule has 17 heavy (non-hydrogen) atoms. The number of nitrogens with one attached hydrogen (secondary N) is 1. The quantitative estimate of drug-likeness (QED) is 0.751. The zero-order valence-corrected chi connectivity index (χ0v) is 10.0. The molecule has 2 rings (SSSR count). The van der Waals surface area contributed by atoms with Gasteiger partial charge in [0.25, 0.3) is 0 Å². The number of carbonyl (C=O) groups is 2. The van der Waals surface area contributed by atoms with Gasteiger partial charge in [0.15, 0.2) is 0 Å². The van der Waals surface area contributed by atoms with E-state index in [1.54, 1.807) is 4.90 Å². The van der Waals surface area contributed by atoms with Gasteiger partial charge in [-0.2, -0.15) is 0 Å². The molecule has 0 radical (unpaired) electrons. The van der Waals surface area contributed by atoms with Crippen molar-refractivity contribution in [2.45, 2.75) is 38.1 Å². The summed E-state index contributed by atoms with van der Waals surface area (Å²) in [5, 5.41) is 12.3. The average Bonchev–Trinajstić information content (AvgIpc) is 2.79. The highest BCUT2D eigenvalue weighted by Crippen LogP contribution is 2.22. The second-order valence-corrected chi connectivity index (χ2v) is 5.00. The molecule has 0 aliphatic carbocycles. The first kappa shape index (κ1) is 12.4. The molecule has 1 unspecified atom stereocenters. The Balaban J connectivity index is 1.88. The summed E-state index contributed by atoms with van der Waals surface area (Å²) in [4.78, 5) is 24.6. The molecule has 2 aliphatic heterocycles. The van der Waals surface area contributed by atoms with Crippen molar-refractivity contribution in [1.82, 2.24) is 10.2 Å². The fourth-order valence-corrected chi connectivity index (χ4v) is 2.78. The third-order valence-corrected chi connectivity index (χ3v) is 3.72. The minimum Gasteiger partial charge on any atom is -0.480 e. The third kappa shape index (κ3) is 2.97. The topological polar surface area (TPSA) is 69.6 Å². The van der Waals surface area contributed by atoms with Crippen LogP contribution in [0.25, 0.3) is 0 Å². The van der Waals surface area contributed by atoms with E-state index >= 15 is 0 Å². The van der Waals surface area contributed by atoms with Gasteiger partial charge in [-0.05, 0) is 44.7 Å². The molecule has 0 saturated carbocycles. The lowest BCUT2D eigenvalue weighted by molar-refractivity contribution is -0.148. The molecular formula is C12H20N2O3. The second-order valence-electron chi connectivity index (χ2n) is 5.00. The number of carboxylic acids is 1. The van der Waals surface area contributed by atoms with Gasteiger partial charge in [-0.3, -0.25) is 4.79 Å². The largest absolute Gasteiger partial charge is 0.480 e. The number of piperidine rings is 1. The number of amides is 1. The molecule has 0 aromatic carbocycles. The van der Waals surface area contributed by atoms with Gasteiger partial charge < -0.3 is 15.3 Å². The van der Waals surface area contributed by atoms with Crippen LogP contribution in [0.5, 0.6) is 0 Å². The Hall–Kier alpha value is -1.10. The lowest BCUT2D eigenvalue weighted by atomic mass is 9.95. The third-order valence-electron chi connectivity index (χ3n) is 3.72. The van der Waals surface area contributed by atoms with E-state index in [0.29, 0.717) is 25.3 Å². The van der Waals surface area contributed by atoms with Gasteiger partial charge in [-0.25, -0.2) is 4.79 Å². The molecule has 2 heterocycles. The van der Waals surface area contributed by atoms with Gasteiger partial charge in [0.2, 0.25) is 5.91 Å². The first-order chi connectivity index (χ1) is 8.18. The Labute approximate surface area is 101 Å². The summed E-state index contributed by atoms with van der Waals surface area (Å²) >= 11 is 0. The maximum Gasteiger partial charge on any atom is 0.326 e. The van der Waals surface area contributed by atoms with E-state index in [-0.39, 0.29) is 5.91 Å². The fourth-order valence-electron chi connectivity index (χ4n) is 2.78. The number of hydrogen-bond acceptors (Lipinski definition) is 3. The zero-order valence-electron chi connectivity index (χ0n) is 10.0. The molecule has 0 aromatic rings. The molecule has 2 atom stereocenters. The predicted octanol–water partition coefficient (Wildman–Crippen LogP) is 0.452. The highest BCUT2D eigenvalue weighted by molar-refractivity contribution is 5.84. The smallest absolute Gasteiger partial charge is 0.326 e. The number of hydrogen-bond donors (Lipinski definition) is 2. The Morgan fingerprint density at radius 1 is 1.29 bits per heavy atom. The van der Waals surface area contributed by atoms with Crippen molar-refractivity contribution in [2.24, 2.45) is 5.92 Å². The molecule has 96 valence electrons. The first-order valence-electron chi connectivity index (χ1n) is 6.41. The van der Waals surface area contributed by atoms with Crippen LogP contribution in [0.4, 0.5) is 0 Å². The van der Waals surface area contributed by atoms with Crippen LogP contribution in [-0.2, 0) is 9.59 Å². The molecule has 2 fully saturated rings. The minimum absolute atomic E-state index is 0.0172. The summed E-state index contributed by atoms with van der Waals surface area (Å²) in [5.74, 6) is -0.465. The van der Waals surface area contributed by atoms with Crippen LogP contribution in [0.15, 0.2) is 0 Å². The lowest BCUT2D eigenvalue weighted by Gasteiger charge is -2.26. The monoisotopic (exact) mass is 240 g/mol. The van der Waals surface area contributed by atoms with E-state index in [1.807, 2.05) is 0 Å². The molecule has 5 heteroatoms. The Morgan fingerprint density at radius 2 is 2.12 bits per heavy atom. The molecule has 2 aliphatic rings. The van der Waals surface area contributed by atoms with Crippen molar-refractivity contribution in [3.63, 3.8) is 0 Å². The first-order valence-corrected chi connectivity index (χ1v) is 6.41.